The number of carbonyl (C=O) groups excluding carboxylic acids is 2. The highest BCUT2D eigenvalue weighted by Crippen LogP contribution is 2.26. The van der Waals surface area contributed by atoms with Crippen molar-refractivity contribution in [3.05, 3.63) is 48.8 Å². The number of aromatic nitrogens is 1. The number of amides is 2. The summed E-state index contributed by atoms with van der Waals surface area (Å²) in [5.74, 6) is -1.20. The van der Waals surface area contributed by atoms with Gasteiger partial charge < -0.3 is 15.4 Å². The number of halogens is 3. The topological polar surface area (TPSA) is 92.7 Å². The van der Waals surface area contributed by atoms with Crippen molar-refractivity contribution in [2.45, 2.75) is 18.0 Å². The van der Waals surface area contributed by atoms with E-state index in [-0.39, 0.29) is 18.0 Å². The average molecular weight is 410 g/mol. The van der Waals surface area contributed by atoms with E-state index >= 15 is 0 Å². The number of amidine groups is 1. The van der Waals surface area contributed by atoms with E-state index in [4.69, 9.17) is 0 Å². The molecule has 2 aromatic rings. The normalized spacial score (nSPS) is 18.0. The smallest absolute Gasteiger partial charge is 0.406 e. The van der Waals surface area contributed by atoms with Gasteiger partial charge >= 0.3 is 6.36 Å². The first-order chi connectivity index (χ1) is 13.3. The molecule has 1 aromatic heterocycles. The van der Waals surface area contributed by atoms with Crippen molar-refractivity contribution in [1.29, 1.82) is 0 Å². The van der Waals surface area contributed by atoms with Crippen LogP contribution in [0, 0.1) is 0 Å². The first kappa shape index (κ1) is 19.7. The predicted octanol–water partition coefficient (Wildman–Crippen LogP) is 3.23. The number of rotatable bonds is 5. The molecule has 1 saturated heterocycles. The summed E-state index contributed by atoms with van der Waals surface area (Å²) in [5, 5.41) is 4.82. The third-order valence-electron chi connectivity index (χ3n) is 3.40. The Morgan fingerprint density at radius 3 is 2.68 bits per heavy atom. The Balaban J connectivity index is 1.55. The van der Waals surface area contributed by atoms with Gasteiger partial charge in [0, 0.05) is 18.3 Å². The van der Waals surface area contributed by atoms with E-state index in [0.717, 1.165) is 23.9 Å². The fraction of sp³-hybridized carbons (Fsp3) is 0.176. The van der Waals surface area contributed by atoms with Crippen molar-refractivity contribution in [1.82, 2.24) is 10.3 Å². The predicted molar refractivity (Wildman–Crippen MR) is 97.2 cm³/mol. The van der Waals surface area contributed by atoms with Crippen LogP contribution in [0.3, 0.4) is 0 Å². The third kappa shape index (κ3) is 5.71. The lowest BCUT2D eigenvalue weighted by Crippen LogP contribution is -2.28. The molecule has 2 heterocycles. The summed E-state index contributed by atoms with van der Waals surface area (Å²) in [4.78, 5) is 32.3. The van der Waals surface area contributed by atoms with E-state index in [9.17, 15) is 22.8 Å². The first-order valence-corrected chi connectivity index (χ1v) is 8.78. The maximum Gasteiger partial charge on any atom is 0.573 e. The number of pyridine rings is 1. The van der Waals surface area contributed by atoms with Crippen LogP contribution in [0.1, 0.15) is 6.42 Å². The lowest BCUT2D eigenvalue weighted by Gasteiger charge is -2.10. The number of ether oxygens (including phenoxy) is 1. The molecule has 3 rings (SSSR count). The van der Waals surface area contributed by atoms with E-state index in [1.54, 1.807) is 18.3 Å². The standard InChI is InChI=1S/C17H13F3N4O3S/c18-17(19,20)27-12-5-3-10(4-6-12)22-14(25)8-13-15(26)24-16(28-13)23-11-2-1-7-21-9-11/h1-7,9,13H,8H2,(H,22,25)(H,23,24,26)/t13-/m0/s1. The number of hydrogen-bond acceptors (Lipinski definition) is 6. The molecule has 1 aromatic carbocycles. The number of nitrogens with zero attached hydrogens (tertiary/aromatic N) is 2. The third-order valence-corrected chi connectivity index (χ3v) is 4.48. The highest BCUT2D eigenvalue weighted by molar-refractivity contribution is 8.15. The molecule has 11 heteroatoms. The molecule has 7 nitrogen and oxygen atoms in total. The van der Waals surface area contributed by atoms with Crippen LogP contribution >= 0.6 is 11.8 Å². The first-order valence-electron chi connectivity index (χ1n) is 7.90. The summed E-state index contributed by atoms with van der Waals surface area (Å²) in [5.41, 5.74) is 0.851. The Morgan fingerprint density at radius 1 is 1.29 bits per heavy atom. The second-order valence-electron chi connectivity index (χ2n) is 5.55. The molecule has 0 aliphatic carbocycles. The molecule has 1 aliphatic rings. The molecular formula is C17H13F3N4O3S. The van der Waals surface area contributed by atoms with E-state index in [1.807, 2.05) is 0 Å². The molecule has 2 N–H and O–H groups in total. The number of anilines is 1. The minimum Gasteiger partial charge on any atom is -0.406 e. The molecule has 28 heavy (non-hydrogen) atoms. The maximum absolute atomic E-state index is 12.1. The summed E-state index contributed by atoms with van der Waals surface area (Å²) in [6, 6.07) is 8.14. The second kappa shape index (κ2) is 8.30. The van der Waals surface area contributed by atoms with Gasteiger partial charge in [-0.3, -0.25) is 14.6 Å². The van der Waals surface area contributed by atoms with E-state index < -0.39 is 23.3 Å². The summed E-state index contributed by atoms with van der Waals surface area (Å²) in [6.07, 6.45) is -1.78. The molecule has 1 atom stereocenters. The SMILES string of the molecule is O=C(C[C@@H]1SC(=Nc2cccnc2)NC1=O)Nc1ccc(OC(F)(F)F)cc1. The number of carbonyl (C=O) groups is 2. The summed E-state index contributed by atoms with van der Waals surface area (Å²) >= 11 is 1.12. The zero-order valence-corrected chi connectivity index (χ0v) is 14.9. The van der Waals surface area contributed by atoms with Crippen molar-refractivity contribution in [2.24, 2.45) is 4.99 Å². The molecule has 0 radical (unpaired) electrons. The highest BCUT2D eigenvalue weighted by atomic mass is 32.2. The molecule has 0 spiro atoms. The van der Waals surface area contributed by atoms with Gasteiger partial charge in [-0.1, -0.05) is 11.8 Å². The monoisotopic (exact) mass is 410 g/mol. The van der Waals surface area contributed by atoms with Crippen molar-refractivity contribution in [2.75, 3.05) is 5.32 Å². The highest BCUT2D eigenvalue weighted by Gasteiger charge is 2.32. The molecule has 146 valence electrons. The van der Waals surface area contributed by atoms with Gasteiger partial charge in [0.15, 0.2) is 5.17 Å². The second-order valence-corrected chi connectivity index (χ2v) is 6.74. The van der Waals surface area contributed by atoms with Crippen LogP contribution in [0.4, 0.5) is 24.5 Å². The fourth-order valence-corrected chi connectivity index (χ4v) is 3.24. The van der Waals surface area contributed by atoms with Crippen LogP contribution in [0.5, 0.6) is 5.75 Å². The van der Waals surface area contributed by atoms with Gasteiger partial charge in [0.2, 0.25) is 11.8 Å². The van der Waals surface area contributed by atoms with Gasteiger partial charge in [0.1, 0.15) is 11.0 Å². The van der Waals surface area contributed by atoms with Crippen LogP contribution in [0.15, 0.2) is 53.8 Å². The van der Waals surface area contributed by atoms with Crippen molar-refractivity contribution in [3.8, 4) is 5.75 Å². The van der Waals surface area contributed by atoms with E-state index in [1.165, 1.54) is 18.3 Å². The number of hydrogen-bond donors (Lipinski definition) is 2. The molecule has 2 amide bonds. The molecular weight excluding hydrogens is 397 g/mol. The van der Waals surface area contributed by atoms with Crippen LogP contribution in [0.2, 0.25) is 0 Å². The minimum atomic E-state index is -4.78. The molecule has 1 aliphatic heterocycles. The number of nitrogens with one attached hydrogen (secondary N) is 2. The summed E-state index contributed by atoms with van der Waals surface area (Å²) in [7, 11) is 0. The van der Waals surface area contributed by atoms with Gasteiger partial charge in [-0.15, -0.1) is 13.2 Å². The van der Waals surface area contributed by atoms with Gasteiger partial charge in [-0.25, -0.2) is 4.99 Å². The Bertz CT molecular complexity index is 889. The van der Waals surface area contributed by atoms with Crippen LogP contribution in [-0.2, 0) is 9.59 Å². The molecule has 0 bridgehead atoms. The van der Waals surface area contributed by atoms with Gasteiger partial charge in [-0.2, -0.15) is 0 Å². The Hall–Kier alpha value is -3.08. The van der Waals surface area contributed by atoms with E-state index in [0.29, 0.717) is 10.9 Å². The quantitative estimate of drug-likeness (QED) is 0.790. The number of thioether (sulfide) groups is 1. The number of alkyl halides is 3. The van der Waals surface area contributed by atoms with Crippen molar-refractivity contribution in [3.63, 3.8) is 0 Å². The zero-order valence-electron chi connectivity index (χ0n) is 14.1. The Labute approximate surface area is 161 Å². The lowest BCUT2D eigenvalue weighted by molar-refractivity contribution is -0.274. The minimum absolute atomic E-state index is 0.122. The average Bonchev–Trinajstić information content (AvgIpc) is 2.95. The molecule has 0 unspecified atom stereocenters. The zero-order chi connectivity index (χ0) is 20.1. The van der Waals surface area contributed by atoms with Gasteiger partial charge in [-0.05, 0) is 36.4 Å². The summed E-state index contributed by atoms with van der Waals surface area (Å²) < 4.78 is 40.2. The van der Waals surface area contributed by atoms with Crippen LogP contribution < -0.4 is 15.4 Å². The fourth-order valence-electron chi connectivity index (χ4n) is 2.25. The molecule has 1 fully saturated rings. The van der Waals surface area contributed by atoms with E-state index in [2.05, 4.69) is 25.3 Å². The largest absolute Gasteiger partial charge is 0.573 e. The Kier molecular flexibility index (Phi) is 5.83. The lowest BCUT2D eigenvalue weighted by atomic mass is 10.2. The number of benzene rings is 1. The van der Waals surface area contributed by atoms with Crippen LogP contribution in [-0.4, -0.2) is 33.6 Å². The van der Waals surface area contributed by atoms with Crippen molar-refractivity contribution >= 4 is 40.1 Å². The van der Waals surface area contributed by atoms with Gasteiger partial charge in [0.05, 0.1) is 11.9 Å². The maximum atomic E-state index is 12.1. The van der Waals surface area contributed by atoms with Gasteiger partial charge in [0.25, 0.3) is 0 Å². The Morgan fingerprint density at radius 2 is 2.04 bits per heavy atom. The van der Waals surface area contributed by atoms with Crippen LogP contribution in [0.25, 0.3) is 0 Å². The number of aliphatic imine (C=N–C) groups is 1. The summed E-state index contributed by atoms with van der Waals surface area (Å²) in [6.45, 7) is 0. The van der Waals surface area contributed by atoms with Crippen molar-refractivity contribution < 1.29 is 27.5 Å². The molecule has 0 saturated carbocycles.